The van der Waals surface area contributed by atoms with E-state index < -0.39 is 6.10 Å². The summed E-state index contributed by atoms with van der Waals surface area (Å²) >= 11 is 7.39. The maximum atomic E-state index is 12.2. The van der Waals surface area contributed by atoms with Gasteiger partial charge in [0.25, 0.3) is 5.91 Å². The summed E-state index contributed by atoms with van der Waals surface area (Å²) in [6, 6.07) is 3.74. The zero-order valence-electron chi connectivity index (χ0n) is 14.0. The zero-order valence-corrected chi connectivity index (χ0v) is 15.5. The molecular weight excluding hydrogens is 346 g/mol. The fourth-order valence-corrected chi connectivity index (χ4v) is 4.28. The number of rotatable bonds is 6. The molecule has 0 aliphatic carbocycles. The van der Waals surface area contributed by atoms with Crippen molar-refractivity contribution in [3.8, 4) is 0 Å². The predicted octanol–water partition coefficient (Wildman–Crippen LogP) is 3.13. The molecule has 3 heterocycles. The summed E-state index contributed by atoms with van der Waals surface area (Å²) in [5, 5.41) is 7.00. The van der Waals surface area contributed by atoms with E-state index in [1.54, 1.807) is 0 Å². The van der Waals surface area contributed by atoms with Gasteiger partial charge in [-0.1, -0.05) is 23.7 Å². The van der Waals surface area contributed by atoms with Crippen molar-refractivity contribution in [1.82, 2.24) is 10.2 Å². The molecule has 7 heteroatoms. The van der Waals surface area contributed by atoms with Crippen LogP contribution >= 0.6 is 22.9 Å². The highest BCUT2D eigenvalue weighted by molar-refractivity contribution is 7.18. The quantitative estimate of drug-likeness (QED) is 0.784. The van der Waals surface area contributed by atoms with E-state index in [9.17, 15) is 4.79 Å². The molecule has 1 saturated heterocycles. The lowest BCUT2D eigenvalue weighted by molar-refractivity contribution is -0.131. The highest BCUT2D eigenvalue weighted by atomic mass is 35.5. The van der Waals surface area contributed by atoms with Crippen LogP contribution in [0.2, 0.25) is 4.34 Å². The molecule has 0 bridgehead atoms. The van der Waals surface area contributed by atoms with Crippen molar-refractivity contribution in [2.45, 2.75) is 38.7 Å². The number of hydrogen-bond acceptors (Lipinski definition) is 5. The van der Waals surface area contributed by atoms with Crippen molar-refractivity contribution >= 4 is 34.6 Å². The first kappa shape index (κ1) is 17.7. The summed E-state index contributed by atoms with van der Waals surface area (Å²) in [4.78, 5) is 20.9. The van der Waals surface area contributed by atoms with Crippen LogP contribution in [0.5, 0.6) is 0 Å². The average molecular weight is 370 g/mol. The van der Waals surface area contributed by atoms with Crippen molar-refractivity contribution in [1.29, 1.82) is 0 Å². The Bertz CT molecular complexity index is 604. The van der Waals surface area contributed by atoms with Crippen LogP contribution in [0.15, 0.2) is 17.3 Å². The molecule has 5 nitrogen and oxygen atoms in total. The Morgan fingerprint density at radius 3 is 3.17 bits per heavy atom. The first-order valence-corrected chi connectivity index (χ1v) is 9.79. The monoisotopic (exact) mass is 369 g/mol. The van der Waals surface area contributed by atoms with Crippen LogP contribution in [0.3, 0.4) is 0 Å². The van der Waals surface area contributed by atoms with Gasteiger partial charge in [-0.15, -0.1) is 11.3 Å². The Labute approximate surface area is 152 Å². The summed E-state index contributed by atoms with van der Waals surface area (Å²) < 4.78 is 0.715. The molecule has 1 fully saturated rings. The second-order valence-corrected chi connectivity index (χ2v) is 8.35. The van der Waals surface area contributed by atoms with Gasteiger partial charge in [0.2, 0.25) is 6.10 Å². The number of carbonyl (C=O) groups excluding carboxylic acids is 1. The third kappa shape index (κ3) is 4.71. The molecule has 0 radical (unpaired) electrons. The van der Waals surface area contributed by atoms with E-state index in [0.717, 1.165) is 29.5 Å². The van der Waals surface area contributed by atoms with Gasteiger partial charge >= 0.3 is 0 Å². The van der Waals surface area contributed by atoms with Gasteiger partial charge in [0, 0.05) is 19.5 Å². The summed E-state index contributed by atoms with van der Waals surface area (Å²) in [5.41, 5.74) is 0.800. The van der Waals surface area contributed by atoms with Gasteiger partial charge in [-0.05, 0) is 50.4 Å². The Kier molecular flexibility index (Phi) is 6.14. The molecule has 2 aliphatic rings. The van der Waals surface area contributed by atoms with E-state index in [1.807, 2.05) is 12.1 Å². The number of likely N-dealkylation sites (tertiary alicyclic amines) is 1. The van der Waals surface area contributed by atoms with E-state index >= 15 is 0 Å². The second-order valence-electron chi connectivity index (χ2n) is 6.63. The fraction of sp³-hybridized carbons (Fsp3) is 0.647. The fourth-order valence-electron chi connectivity index (χ4n) is 3.25. The number of amides is 1. The first-order valence-electron chi connectivity index (χ1n) is 8.60. The molecule has 1 N–H and O–H groups in total. The van der Waals surface area contributed by atoms with E-state index in [-0.39, 0.29) is 5.91 Å². The minimum absolute atomic E-state index is 0.0802. The molecule has 0 saturated carbocycles. The molecule has 24 heavy (non-hydrogen) atoms. The Morgan fingerprint density at radius 2 is 2.42 bits per heavy atom. The van der Waals surface area contributed by atoms with Gasteiger partial charge in [0.05, 0.1) is 9.21 Å². The van der Waals surface area contributed by atoms with E-state index in [4.69, 9.17) is 16.4 Å². The number of nitrogens with one attached hydrogen (secondary N) is 1. The van der Waals surface area contributed by atoms with Crippen LogP contribution in [-0.4, -0.2) is 48.8 Å². The van der Waals surface area contributed by atoms with E-state index in [0.29, 0.717) is 17.3 Å². The van der Waals surface area contributed by atoms with Gasteiger partial charge in [-0.3, -0.25) is 4.79 Å². The standard InChI is InChI=1S/C17H24ClN3O2S/c1-12-4-2-8-21(11-12)9-3-7-19-17(22)14-10-13(20-23-14)15-5-6-16(18)24-15/h5-6,12,14H,2-4,7-11H2,1H3,(H,19,22)/t12-,14-/m1/s1. The normalized spacial score (nSPS) is 24.5. The number of piperidine rings is 1. The molecule has 0 aromatic carbocycles. The molecular formula is C17H24ClN3O2S. The average Bonchev–Trinajstić information content (AvgIpc) is 3.20. The number of oxime groups is 1. The van der Waals surface area contributed by atoms with Crippen LogP contribution in [-0.2, 0) is 9.63 Å². The number of nitrogens with zero attached hydrogens (tertiary/aromatic N) is 2. The molecule has 2 aliphatic heterocycles. The van der Waals surface area contributed by atoms with Crippen molar-refractivity contribution in [3.63, 3.8) is 0 Å². The lowest BCUT2D eigenvalue weighted by Crippen LogP contribution is -2.38. The SMILES string of the molecule is C[C@@H]1CCCN(CCCNC(=O)[C@H]2CC(c3ccc(Cl)s3)=NO2)C1. The number of thiophene rings is 1. The molecule has 1 amide bonds. The Hall–Kier alpha value is -1.11. The van der Waals surface area contributed by atoms with Crippen molar-refractivity contribution in [3.05, 3.63) is 21.3 Å². The lowest BCUT2D eigenvalue weighted by atomic mass is 10.0. The number of halogens is 1. The third-order valence-electron chi connectivity index (χ3n) is 4.51. The third-order valence-corrected chi connectivity index (χ3v) is 5.79. The maximum absolute atomic E-state index is 12.2. The smallest absolute Gasteiger partial charge is 0.264 e. The molecule has 132 valence electrons. The summed E-state index contributed by atoms with van der Waals surface area (Å²) in [6.07, 6.45) is 3.59. The van der Waals surface area contributed by atoms with Gasteiger partial charge in [-0.25, -0.2) is 0 Å². The van der Waals surface area contributed by atoms with Crippen LogP contribution in [0.4, 0.5) is 0 Å². The summed E-state index contributed by atoms with van der Waals surface area (Å²) in [6.45, 7) is 6.41. The first-order chi connectivity index (χ1) is 11.6. The van der Waals surface area contributed by atoms with Crippen molar-refractivity contribution in [2.75, 3.05) is 26.2 Å². The topological polar surface area (TPSA) is 53.9 Å². The lowest BCUT2D eigenvalue weighted by Gasteiger charge is -2.30. The van der Waals surface area contributed by atoms with Crippen molar-refractivity contribution < 1.29 is 9.63 Å². The molecule has 0 unspecified atom stereocenters. The number of hydrogen-bond donors (Lipinski definition) is 1. The van der Waals surface area contributed by atoms with Gasteiger partial charge < -0.3 is 15.1 Å². The van der Waals surface area contributed by atoms with Crippen LogP contribution in [0.25, 0.3) is 0 Å². The zero-order chi connectivity index (χ0) is 16.9. The molecule has 1 aromatic heterocycles. The van der Waals surface area contributed by atoms with Crippen molar-refractivity contribution in [2.24, 2.45) is 11.1 Å². The maximum Gasteiger partial charge on any atom is 0.264 e. The summed E-state index contributed by atoms with van der Waals surface area (Å²) in [5.74, 6) is 0.713. The second kappa shape index (κ2) is 8.32. The Balaban J connectivity index is 1.34. The van der Waals surface area contributed by atoms with Crippen LogP contribution in [0, 0.1) is 5.92 Å². The molecule has 1 aromatic rings. The number of carbonyl (C=O) groups is 1. The van der Waals surface area contributed by atoms with Gasteiger partial charge in [0.1, 0.15) is 5.71 Å². The van der Waals surface area contributed by atoms with E-state index in [2.05, 4.69) is 22.3 Å². The van der Waals surface area contributed by atoms with Crippen LogP contribution in [0.1, 0.15) is 37.5 Å². The molecule has 3 rings (SSSR count). The predicted molar refractivity (Wildman–Crippen MR) is 97.8 cm³/mol. The largest absolute Gasteiger partial charge is 0.382 e. The molecule has 0 spiro atoms. The highest BCUT2D eigenvalue weighted by Crippen LogP contribution is 2.26. The molecule has 2 atom stereocenters. The van der Waals surface area contributed by atoms with E-state index in [1.165, 1.54) is 37.3 Å². The highest BCUT2D eigenvalue weighted by Gasteiger charge is 2.29. The summed E-state index contributed by atoms with van der Waals surface area (Å²) in [7, 11) is 0. The van der Waals surface area contributed by atoms with Gasteiger partial charge in [-0.2, -0.15) is 0 Å². The minimum Gasteiger partial charge on any atom is -0.382 e. The van der Waals surface area contributed by atoms with Gasteiger partial charge in [0.15, 0.2) is 0 Å². The van der Waals surface area contributed by atoms with Crippen LogP contribution < -0.4 is 5.32 Å². The minimum atomic E-state index is -0.518. The Morgan fingerprint density at radius 1 is 1.54 bits per heavy atom.